The van der Waals surface area contributed by atoms with E-state index in [1.165, 1.54) is 121 Å². The van der Waals surface area contributed by atoms with Crippen LogP contribution in [0.4, 0.5) is 0 Å². The fraction of sp³-hybridized carbons (Fsp3) is 0.846. The van der Waals surface area contributed by atoms with E-state index in [1.54, 1.807) is 0 Å². The Bertz CT molecular complexity index is 308. The smallest absolute Gasteiger partial charge is 0.0320 e. The lowest BCUT2D eigenvalue weighted by molar-refractivity contribution is 0.452. The molecular weight excluding hydrogens is 312 g/mol. The van der Waals surface area contributed by atoms with E-state index >= 15 is 0 Å². The van der Waals surface area contributed by atoms with Gasteiger partial charge in [0.15, 0.2) is 0 Å². The highest BCUT2D eigenvalue weighted by Gasteiger charge is 2.04. The van der Waals surface area contributed by atoms with Crippen molar-refractivity contribution < 1.29 is 0 Å². The highest BCUT2D eigenvalue weighted by Crippen LogP contribution is 2.21. The number of rotatable bonds is 20. The van der Waals surface area contributed by atoms with Gasteiger partial charge in [-0.2, -0.15) is 0 Å². The van der Waals surface area contributed by atoms with Crippen molar-refractivity contribution in [1.82, 2.24) is 0 Å². The van der Waals surface area contributed by atoms with E-state index in [4.69, 9.17) is 0 Å². The molecule has 0 heteroatoms. The van der Waals surface area contributed by atoms with Crippen LogP contribution in [0, 0.1) is 5.92 Å². The molecule has 0 amide bonds. The molecule has 0 aromatic rings. The maximum atomic E-state index is 4.29. The standard InChI is InChI=1S/C26H50/c1-5-8-9-10-11-12-13-14-15-16-17-18-19-20-21-22-25(4)23-24-26(6-2)7-3/h11-12,26H,4-10,13-24H2,1-3H3/b12-11-. The third-order valence-electron chi connectivity index (χ3n) is 5.85. The van der Waals surface area contributed by atoms with Crippen molar-refractivity contribution in [1.29, 1.82) is 0 Å². The zero-order chi connectivity index (χ0) is 19.3. The molecule has 0 fully saturated rings. The lowest BCUT2D eigenvalue weighted by Gasteiger charge is -2.13. The van der Waals surface area contributed by atoms with Crippen LogP contribution >= 0.6 is 0 Å². The molecule has 0 bridgehead atoms. The minimum Gasteiger partial charge on any atom is -0.0999 e. The van der Waals surface area contributed by atoms with Gasteiger partial charge in [-0.05, 0) is 57.3 Å². The molecule has 0 radical (unpaired) electrons. The van der Waals surface area contributed by atoms with Crippen molar-refractivity contribution >= 4 is 0 Å². The van der Waals surface area contributed by atoms with E-state index in [2.05, 4.69) is 39.5 Å². The van der Waals surface area contributed by atoms with E-state index in [9.17, 15) is 0 Å². The number of hydrogen-bond donors (Lipinski definition) is 0. The Morgan fingerprint density at radius 1 is 0.654 bits per heavy atom. The molecule has 0 unspecified atom stereocenters. The lowest BCUT2D eigenvalue weighted by Crippen LogP contribution is -1.97. The largest absolute Gasteiger partial charge is 0.0999 e. The van der Waals surface area contributed by atoms with Crippen molar-refractivity contribution in [3.63, 3.8) is 0 Å². The lowest BCUT2D eigenvalue weighted by atomic mass is 9.93. The highest BCUT2D eigenvalue weighted by atomic mass is 14.1. The number of allylic oxidation sites excluding steroid dienone is 3. The van der Waals surface area contributed by atoms with Gasteiger partial charge in [-0.1, -0.05) is 109 Å². The Labute approximate surface area is 166 Å². The molecule has 0 aliphatic rings. The second-order valence-corrected chi connectivity index (χ2v) is 8.31. The Hall–Kier alpha value is -0.520. The summed E-state index contributed by atoms with van der Waals surface area (Å²) in [5.41, 5.74) is 1.50. The van der Waals surface area contributed by atoms with E-state index in [0.717, 1.165) is 5.92 Å². The quantitative estimate of drug-likeness (QED) is 0.149. The van der Waals surface area contributed by atoms with Crippen LogP contribution in [-0.2, 0) is 0 Å². The molecule has 0 saturated carbocycles. The SMILES string of the molecule is C=C(CCCCCCCCCC/C=C\CCCCC)CCC(CC)CC. The summed E-state index contributed by atoms with van der Waals surface area (Å²) in [5, 5.41) is 0. The van der Waals surface area contributed by atoms with E-state index in [1.807, 2.05) is 0 Å². The average molecular weight is 363 g/mol. The van der Waals surface area contributed by atoms with E-state index in [-0.39, 0.29) is 0 Å². The van der Waals surface area contributed by atoms with E-state index in [0.29, 0.717) is 0 Å². The van der Waals surface area contributed by atoms with E-state index < -0.39 is 0 Å². The Kier molecular flexibility index (Phi) is 20.4. The van der Waals surface area contributed by atoms with Gasteiger partial charge in [0.05, 0.1) is 0 Å². The first kappa shape index (κ1) is 25.5. The van der Waals surface area contributed by atoms with Gasteiger partial charge >= 0.3 is 0 Å². The first-order valence-electron chi connectivity index (χ1n) is 12.1. The average Bonchev–Trinajstić information content (AvgIpc) is 2.65. The summed E-state index contributed by atoms with van der Waals surface area (Å²) in [5.74, 6) is 0.920. The van der Waals surface area contributed by atoms with Gasteiger partial charge in [-0.25, -0.2) is 0 Å². The highest BCUT2D eigenvalue weighted by molar-refractivity contribution is 4.93. The molecule has 0 N–H and O–H groups in total. The van der Waals surface area contributed by atoms with Gasteiger partial charge in [0, 0.05) is 0 Å². The Balaban J connectivity index is 3.25. The zero-order valence-corrected chi connectivity index (χ0v) is 18.7. The maximum absolute atomic E-state index is 4.29. The second-order valence-electron chi connectivity index (χ2n) is 8.31. The van der Waals surface area contributed by atoms with Gasteiger partial charge < -0.3 is 0 Å². The van der Waals surface area contributed by atoms with Gasteiger partial charge in [-0.3, -0.25) is 0 Å². The fourth-order valence-corrected chi connectivity index (χ4v) is 3.68. The molecular formula is C26H50. The summed E-state index contributed by atoms with van der Waals surface area (Å²) in [7, 11) is 0. The van der Waals surface area contributed by atoms with Crippen LogP contribution < -0.4 is 0 Å². The predicted octanol–water partition coefficient (Wildman–Crippen LogP) is 9.80. The van der Waals surface area contributed by atoms with Crippen molar-refractivity contribution in [2.45, 2.75) is 136 Å². The summed E-state index contributed by atoms with van der Waals surface area (Å²) < 4.78 is 0. The number of hydrogen-bond acceptors (Lipinski definition) is 0. The fourth-order valence-electron chi connectivity index (χ4n) is 3.68. The van der Waals surface area contributed by atoms with Crippen LogP contribution in [0.25, 0.3) is 0 Å². The van der Waals surface area contributed by atoms with Gasteiger partial charge in [0.25, 0.3) is 0 Å². The molecule has 0 aliphatic carbocycles. The van der Waals surface area contributed by atoms with Crippen molar-refractivity contribution in [3.05, 3.63) is 24.3 Å². The molecule has 0 aromatic heterocycles. The molecule has 0 aromatic carbocycles. The summed E-state index contributed by atoms with van der Waals surface area (Å²) in [6, 6.07) is 0. The third kappa shape index (κ3) is 18.3. The normalized spacial score (nSPS) is 11.7. The van der Waals surface area contributed by atoms with Crippen LogP contribution in [0.5, 0.6) is 0 Å². The van der Waals surface area contributed by atoms with Crippen LogP contribution in [0.15, 0.2) is 24.3 Å². The third-order valence-corrected chi connectivity index (χ3v) is 5.85. The van der Waals surface area contributed by atoms with Crippen molar-refractivity contribution in [2.75, 3.05) is 0 Å². The van der Waals surface area contributed by atoms with Crippen LogP contribution in [0.1, 0.15) is 136 Å². The topological polar surface area (TPSA) is 0 Å². The molecule has 0 spiro atoms. The molecule has 0 nitrogen and oxygen atoms in total. The maximum Gasteiger partial charge on any atom is -0.0320 e. The Morgan fingerprint density at radius 3 is 1.69 bits per heavy atom. The van der Waals surface area contributed by atoms with Crippen molar-refractivity contribution in [2.24, 2.45) is 5.92 Å². The molecule has 0 aliphatic heterocycles. The van der Waals surface area contributed by atoms with Crippen LogP contribution in [0.2, 0.25) is 0 Å². The minimum absolute atomic E-state index is 0.920. The summed E-state index contributed by atoms with van der Waals surface area (Å²) >= 11 is 0. The first-order valence-corrected chi connectivity index (χ1v) is 12.1. The van der Waals surface area contributed by atoms with Gasteiger partial charge in [0.2, 0.25) is 0 Å². The van der Waals surface area contributed by atoms with Gasteiger partial charge in [0.1, 0.15) is 0 Å². The predicted molar refractivity (Wildman–Crippen MR) is 122 cm³/mol. The minimum atomic E-state index is 0.920. The summed E-state index contributed by atoms with van der Waals surface area (Å²) in [6.45, 7) is 11.2. The second kappa shape index (κ2) is 20.8. The summed E-state index contributed by atoms with van der Waals surface area (Å²) in [4.78, 5) is 0. The molecule has 0 heterocycles. The molecule has 0 rings (SSSR count). The monoisotopic (exact) mass is 362 g/mol. The summed E-state index contributed by atoms with van der Waals surface area (Å²) in [6.07, 6.45) is 29.4. The Morgan fingerprint density at radius 2 is 1.15 bits per heavy atom. The van der Waals surface area contributed by atoms with Crippen LogP contribution in [-0.4, -0.2) is 0 Å². The molecule has 154 valence electrons. The molecule has 0 atom stereocenters. The van der Waals surface area contributed by atoms with Crippen LogP contribution in [0.3, 0.4) is 0 Å². The zero-order valence-electron chi connectivity index (χ0n) is 18.7. The molecule has 0 saturated heterocycles. The first-order chi connectivity index (χ1) is 12.7. The van der Waals surface area contributed by atoms with Gasteiger partial charge in [-0.15, -0.1) is 0 Å². The molecule has 26 heavy (non-hydrogen) atoms. The van der Waals surface area contributed by atoms with Crippen molar-refractivity contribution in [3.8, 4) is 0 Å². The number of unbranched alkanes of at least 4 members (excludes halogenated alkanes) is 11.